The largest absolute Gasteiger partial charge is 0.461 e. The van der Waals surface area contributed by atoms with Gasteiger partial charge in [-0.1, -0.05) is 19.3 Å². The van der Waals surface area contributed by atoms with Gasteiger partial charge in [0.1, 0.15) is 5.75 Å². The zero-order chi connectivity index (χ0) is 18.3. The lowest BCUT2D eigenvalue weighted by atomic mass is 10.1. The van der Waals surface area contributed by atoms with E-state index in [1.807, 2.05) is 0 Å². The molecule has 0 saturated heterocycles. The van der Waals surface area contributed by atoms with Gasteiger partial charge in [0.25, 0.3) is 0 Å². The maximum Gasteiger partial charge on any atom is 0.461 e. The van der Waals surface area contributed by atoms with E-state index in [9.17, 15) is 17.6 Å². The fraction of sp³-hybridized carbons (Fsp3) is 0.333. The summed E-state index contributed by atoms with van der Waals surface area (Å²) in [4.78, 5) is 8.28. The molecule has 0 radical (unpaired) electrons. The highest BCUT2D eigenvalue weighted by Gasteiger charge is 2.43. The molecule has 25 heavy (non-hydrogen) atoms. The number of hydrogen-bond acceptors (Lipinski definition) is 3. The highest BCUT2D eigenvalue weighted by atomic mass is 19.3. The zero-order valence-corrected chi connectivity index (χ0v) is 13.5. The van der Waals surface area contributed by atoms with E-state index < -0.39 is 12.5 Å². The van der Waals surface area contributed by atoms with Crippen LogP contribution < -0.4 is 4.74 Å². The Kier molecular flexibility index (Phi) is 6.34. The van der Waals surface area contributed by atoms with Crippen LogP contribution in [0, 0.1) is 11.8 Å². The third-order valence-electron chi connectivity index (χ3n) is 3.21. The van der Waals surface area contributed by atoms with Crippen molar-refractivity contribution in [1.29, 1.82) is 0 Å². The first-order valence-corrected chi connectivity index (χ1v) is 7.68. The molecule has 1 aromatic heterocycles. The Morgan fingerprint density at radius 1 is 1.08 bits per heavy atom. The Balaban J connectivity index is 2.01. The van der Waals surface area contributed by atoms with Crippen molar-refractivity contribution in [1.82, 2.24) is 9.97 Å². The molecule has 0 unspecified atom stereocenters. The summed E-state index contributed by atoms with van der Waals surface area (Å²) in [5.41, 5.74) is 1.53. The van der Waals surface area contributed by atoms with Crippen molar-refractivity contribution < 1.29 is 22.3 Å². The van der Waals surface area contributed by atoms with Crippen molar-refractivity contribution in [3.8, 4) is 17.6 Å². The molecule has 0 bridgehead atoms. The molecule has 0 spiro atoms. The topological polar surface area (TPSA) is 35.0 Å². The van der Waals surface area contributed by atoms with Crippen LogP contribution in [0.4, 0.5) is 17.6 Å². The Hall–Kier alpha value is -2.62. The molecular weight excluding hydrogens is 336 g/mol. The zero-order valence-electron chi connectivity index (χ0n) is 13.5. The summed E-state index contributed by atoms with van der Waals surface area (Å²) in [6.45, 7) is 2.10. The summed E-state index contributed by atoms with van der Waals surface area (Å²) >= 11 is 0. The molecule has 0 fully saturated rings. The van der Waals surface area contributed by atoms with Gasteiger partial charge in [-0.25, -0.2) is 9.97 Å². The van der Waals surface area contributed by atoms with Gasteiger partial charge in [-0.3, -0.25) is 0 Å². The van der Waals surface area contributed by atoms with E-state index in [4.69, 9.17) is 0 Å². The van der Waals surface area contributed by atoms with Crippen LogP contribution in [-0.4, -0.2) is 22.5 Å². The molecule has 1 aromatic carbocycles. The van der Waals surface area contributed by atoms with E-state index in [1.54, 1.807) is 12.4 Å². The number of ether oxygens (including phenoxy) is 1. The standard InChI is InChI=1S/C18H16F4N2O/c1-2-3-4-14-11-23-16(24-12-14)10-7-13-5-8-15(9-6-13)25-18(21,22)17(19)20/h5-6,8-9,11-12,17H,2-4H2,1H3. The molecule has 0 aliphatic rings. The van der Waals surface area contributed by atoms with Crippen LogP contribution in [-0.2, 0) is 6.42 Å². The van der Waals surface area contributed by atoms with Crippen molar-refractivity contribution in [3.05, 3.63) is 53.6 Å². The van der Waals surface area contributed by atoms with E-state index in [-0.39, 0.29) is 5.75 Å². The molecule has 7 heteroatoms. The monoisotopic (exact) mass is 352 g/mol. The van der Waals surface area contributed by atoms with E-state index in [0.717, 1.165) is 37.0 Å². The number of benzene rings is 1. The Labute approximate surface area is 143 Å². The third kappa shape index (κ3) is 5.75. The predicted molar refractivity (Wildman–Crippen MR) is 84.6 cm³/mol. The SMILES string of the molecule is CCCCc1cnc(C#Cc2ccc(OC(F)(F)C(F)F)cc2)nc1. The minimum Gasteiger partial charge on any atom is -0.428 e. The summed E-state index contributed by atoms with van der Waals surface area (Å²) in [6.07, 6.45) is -1.93. The van der Waals surface area contributed by atoms with E-state index in [0.29, 0.717) is 11.4 Å². The van der Waals surface area contributed by atoms with Crippen molar-refractivity contribution in [3.63, 3.8) is 0 Å². The molecule has 1 heterocycles. The first kappa shape index (κ1) is 18.7. The lowest BCUT2D eigenvalue weighted by Gasteiger charge is -2.16. The molecule has 2 aromatic rings. The minimum absolute atomic E-state index is 0.338. The van der Waals surface area contributed by atoms with Crippen molar-refractivity contribution in [2.45, 2.75) is 38.7 Å². The van der Waals surface area contributed by atoms with Crippen molar-refractivity contribution in [2.24, 2.45) is 0 Å². The van der Waals surface area contributed by atoms with E-state index >= 15 is 0 Å². The van der Waals surface area contributed by atoms with Crippen LogP contribution >= 0.6 is 0 Å². The van der Waals surface area contributed by atoms with Gasteiger partial charge in [-0.05, 0) is 48.6 Å². The minimum atomic E-state index is -4.53. The van der Waals surface area contributed by atoms with Crippen molar-refractivity contribution in [2.75, 3.05) is 0 Å². The van der Waals surface area contributed by atoms with Crippen LogP contribution in [0.5, 0.6) is 5.75 Å². The molecular formula is C18H16F4N2O. The lowest BCUT2D eigenvalue weighted by molar-refractivity contribution is -0.253. The average Bonchev–Trinajstić information content (AvgIpc) is 2.60. The lowest BCUT2D eigenvalue weighted by Crippen LogP contribution is -2.33. The molecule has 3 nitrogen and oxygen atoms in total. The number of nitrogens with zero attached hydrogens (tertiary/aromatic N) is 2. The third-order valence-corrected chi connectivity index (χ3v) is 3.21. The van der Waals surface area contributed by atoms with Crippen LogP contribution in [0.1, 0.15) is 36.7 Å². The average molecular weight is 352 g/mol. The van der Waals surface area contributed by atoms with Crippen LogP contribution in [0.3, 0.4) is 0 Å². The Bertz CT molecular complexity index is 734. The highest BCUT2D eigenvalue weighted by molar-refractivity contribution is 5.41. The smallest absolute Gasteiger partial charge is 0.428 e. The normalized spacial score (nSPS) is 11.1. The fourth-order valence-corrected chi connectivity index (χ4v) is 1.87. The molecule has 0 saturated carbocycles. The second kappa shape index (κ2) is 8.47. The molecule has 0 aliphatic carbocycles. The maximum atomic E-state index is 12.8. The second-order valence-electron chi connectivity index (χ2n) is 5.26. The van der Waals surface area contributed by atoms with E-state index in [2.05, 4.69) is 33.5 Å². The quantitative estimate of drug-likeness (QED) is 0.569. The molecule has 2 rings (SSSR count). The molecule has 0 N–H and O–H groups in total. The number of hydrogen-bond donors (Lipinski definition) is 0. The van der Waals surface area contributed by atoms with Gasteiger partial charge >= 0.3 is 12.5 Å². The van der Waals surface area contributed by atoms with Crippen LogP contribution in [0.15, 0.2) is 36.7 Å². The van der Waals surface area contributed by atoms with Crippen LogP contribution in [0.2, 0.25) is 0 Å². The summed E-state index contributed by atoms with van der Waals surface area (Å²) in [7, 11) is 0. The van der Waals surface area contributed by atoms with Crippen molar-refractivity contribution >= 4 is 0 Å². The summed E-state index contributed by atoms with van der Waals surface area (Å²) < 4.78 is 53.7. The number of rotatable bonds is 6. The van der Waals surface area contributed by atoms with Gasteiger partial charge in [0.2, 0.25) is 5.82 Å². The number of halogens is 4. The van der Waals surface area contributed by atoms with E-state index in [1.165, 1.54) is 12.1 Å². The maximum absolute atomic E-state index is 12.8. The van der Waals surface area contributed by atoms with Gasteiger partial charge in [0, 0.05) is 18.0 Å². The summed E-state index contributed by atoms with van der Waals surface area (Å²) in [6, 6.07) is 5.07. The fourth-order valence-electron chi connectivity index (χ4n) is 1.87. The molecule has 132 valence electrons. The number of aromatic nitrogens is 2. The van der Waals surface area contributed by atoms with Gasteiger partial charge in [-0.15, -0.1) is 0 Å². The predicted octanol–water partition coefficient (Wildman–Crippen LogP) is 4.46. The van der Waals surface area contributed by atoms with Gasteiger partial charge in [0.05, 0.1) is 0 Å². The van der Waals surface area contributed by atoms with Gasteiger partial charge in [-0.2, -0.15) is 17.6 Å². The van der Waals surface area contributed by atoms with Gasteiger partial charge in [0.15, 0.2) is 0 Å². The Morgan fingerprint density at radius 3 is 2.28 bits per heavy atom. The number of aryl methyl sites for hydroxylation is 1. The first-order chi connectivity index (χ1) is 11.9. The van der Waals surface area contributed by atoms with Gasteiger partial charge < -0.3 is 4.74 Å². The number of alkyl halides is 4. The molecule has 0 amide bonds. The molecule has 0 atom stereocenters. The summed E-state index contributed by atoms with van der Waals surface area (Å²) in [5, 5.41) is 0. The number of unbranched alkanes of at least 4 members (excludes halogenated alkanes) is 1. The summed E-state index contributed by atoms with van der Waals surface area (Å²) in [5.74, 6) is 5.49. The Morgan fingerprint density at radius 2 is 1.72 bits per heavy atom. The second-order valence-corrected chi connectivity index (χ2v) is 5.26. The highest BCUT2D eigenvalue weighted by Crippen LogP contribution is 2.27. The molecule has 0 aliphatic heterocycles. The van der Waals surface area contributed by atoms with Crippen LogP contribution in [0.25, 0.3) is 0 Å². The first-order valence-electron chi connectivity index (χ1n) is 7.68.